The average molecular weight is 340 g/mol. The number of nitrogens with two attached hydrogens (primary N) is 1. The second kappa shape index (κ2) is 7.21. The molecule has 0 spiro atoms. The minimum absolute atomic E-state index is 0. The highest BCUT2D eigenvalue weighted by Crippen LogP contribution is 2.16. The molecule has 1 amide bonds. The van der Waals surface area contributed by atoms with E-state index in [1.165, 1.54) is 22.9 Å². The largest absolute Gasteiger partial charge is 0.349 e. The number of carbonyl (C=O) groups excluding carboxylic acids is 1. The first-order valence-corrected chi connectivity index (χ1v) is 6.64. The Bertz CT molecular complexity index is 708. The summed E-state index contributed by atoms with van der Waals surface area (Å²) >= 11 is 0. The summed E-state index contributed by atoms with van der Waals surface area (Å²) in [6, 6.07) is 7.55. The van der Waals surface area contributed by atoms with Crippen molar-refractivity contribution in [3.63, 3.8) is 0 Å². The molecule has 0 unspecified atom stereocenters. The Balaban J connectivity index is 0.00000264. The van der Waals surface area contributed by atoms with Crippen LogP contribution in [0.5, 0.6) is 0 Å². The molecule has 2 rings (SSSR count). The van der Waals surface area contributed by atoms with Gasteiger partial charge in [-0.25, -0.2) is 4.68 Å². The third kappa shape index (κ3) is 5.04. The molecule has 0 fully saturated rings. The van der Waals surface area contributed by atoms with Crippen molar-refractivity contribution in [3.8, 4) is 5.69 Å². The number of rotatable bonds is 5. The fourth-order valence-corrected chi connectivity index (χ4v) is 1.74. The van der Waals surface area contributed by atoms with Gasteiger partial charge in [-0.2, -0.15) is 5.10 Å². The van der Waals surface area contributed by atoms with E-state index >= 15 is 0 Å². The zero-order valence-electron chi connectivity index (χ0n) is 12.7. The van der Waals surface area contributed by atoms with Crippen LogP contribution in [0, 0.1) is 10.1 Å². The van der Waals surface area contributed by atoms with Crippen LogP contribution in [-0.4, -0.2) is 32.7 Å². The molecular weight excluding hydrogens is 322 g/mol. The zero-order chi connectivity index (χ0) is 16.3. The number of amides is 1. The number of nitro groups is 1. The van der Waals surface area contributed by atoms with E-state index in [0.29, 0.717) is 12.2 Å². The lowest BCUT2D eigenvalue weighted by atomic mass is 10.1. The molecule has 23 heavy (non-hydrogen) atoms. The van der Waals surface area contributed by atoms with Crippen LogP contribution in [0.15, 0.2) is 36.5 Å². The van der Waals surface area contributed by atoms with Crippen molar-refractivity contribution < 1.29 is 9.72 Å². The first-order chi connectivity index (χ1) is 10.3. The summed E-state index contributed by atoms with van der Waals surface area (Å²) in [6.45, 7) is 3.92. The minimum Gasteiger partial charge on any atom is -0.349 e. The molecule has 3 N–H and O–H groups in total. The van der Waals surface area contributed by atoms with E-state index < -0.39 is 10.5 Å². The van der Waals surface area contributed by atoms with Crippen molar-refractivity contribution in [2.45, 2.75) is 19.4 Å². The smallest absolute Gasteiger partial charge is 0.271 e. The van der Waals surface area contributed by atoms with Crippen LogP contribution >= 0.6 is 12.4 Å². The number of benzene rings is 1. The van der Waals surface area contributed by atoms with E-state index in [1.54, 1.807) is 32.2 Å². The van der Waals surface area contributed by atoms with Crippen LogP contribution in [0.25, 0.3) is 5.69 Å². The van der Waals surface area contributed by atoms with Gasteiger partial charge in [-0.15, -0.1) is 12.4 Å². The Morgan fingerprint density at radius 1 is 1.43 bits per heavy atom. The molecular formula is C14H18ClN5O3. The molecule has 1 heterocycles. The van der Waals surface area contributed by atoms with Gasteiger partial charge in [-0.1, -0.05) is 6.07 Å². The molecule has 1 aromatic heterocycles. The molecule has 0 saturated heterocycles. The van der Waals surface area contributed by atoms with Crippen LogP contribution in [-0.2, 0) is 0 Å². The Labute approximate surface area is 139 Å². The fraction of sp³-hybridized carbons (Fsp3) is 0.286. The maximum Gasteiger partial charge on any atom is 0.271 e. The van der Waals surface area contributed by atoms with Gasteiger partial charge in [0.2, 0.25) is 0 Å². The lowest BCUT2D eigenvalue weighted by Gasteiger charge is -2.18. The van der Waals surface area contributed by atoms with Gasteiger partial charge < -0.3 is 11.1 Å². The number of nitrogens with one attached hydrogen (secondary N) is 1. The predicted octanol–water partition coefficient (Wildman–Crippen LogP) is 1.67. The maximum atomic E-state index is 12.0. The van der Waals surface area contributed by atoms with Crippen molar-refractivity contribution in [3.05, 3.63) is 52.3 Å². The molecule has 0 radical (unpaired) electrons. The van der Waals surface area contributed by atoms with Crippen LogP contribution in [0.2, 0.25) is 0 Å². The van der Waals surface area contributed by atoms with Crippen molar-refractivity contribution in [1.82, 2.24) is 15.1 Å². The highest BCUT2D eigenvalue weighted by Gasteiger charge is 2.15. The summed E-state index contributed by atoms with van der Waals surface area (Å²) in [5, 5.41) is 17.6. The second-order valence-electron chi connectivity index (χ2n) is 5.59. The maximum absolute atomic E-state index is 12.0. The molecule has 1 aromatic carbocycles. The Hall–Kier alpha value is -2.45. The van der Waals surface area contributed by atoms with Gasteiger partial charge in [0.15, 0.2) is 5.69 Å². The van der Waals surface area contributed by atoms with Crippen molar-refractivity contribution in [2.75, 3.05) is 6.54 Å². The van der Waals surface area contributed by atoms with Gasteiger partial charge in [0.05, 0.1) is 10.6 Å². The van der Waals surface area contributed by atoms with Gasteiger partial charge >= 0.3 is 0 Å². The van der Waals surface area contributed by atoms with E-state index in [-0.39, 0.29) is 29.7 Å². The van der Waals surface area contributed by atoms with E-state index in [2.05, 4.69) is 10.4 Å². The lowest BCUT2D eigenvalue weighted by Crippen LogP contribution is -2.45. The van der Waals surface area contributed by atoms with E-state index in [9.17, 15) is 14.9 Å². The quantitative estimate of drug-likeness (QED) is 0.635. The molecule has 8 nitrogen and oxygen atoms in total. The average Bonchev–Trinajstić information content (AvgIpc) is 2.94. The summed E-state index contributed by atoms with van der Waals surface area (Å²) in [7, 11) is 0. The first kappa shape index (κ1) is 18.6. The molecule has 0 aliphatic carbocycles. The van der Waals surface area contributed by atoms with Crippen molar-refractivity contribution >= 4 is 24.0 Å². The lowest BCUT2D eigenvalue weighted by molar-refractivity contribution is -0.384. The van der Waals surface area contributed by atoms with Crippen LogP contribution in [0.3, 0.4) is 0 Å². The number of hydrogen-bond acceptors (Lipinski definition) is 5. The molecule has 2 aromatic rings. The summed E-state index contributed by atoms with van der Waals surface area (Å²) < 4.78 is 1.41. The highest BCUT2D eigenvalue weighted by atomic mass is 35.5. The van der Waals surface area contributed by atoms with Gasteiger partial charge in [-0.3, -0.25) is 14.9 Å². The van der Waals surface area contributed by atoms with Gasteiger partial charge in [0, 0.05) is 30.4 Å². The van der Waals surface area contributed by atoms with Gasteiger partial charge in [-0.05, 0) is 26.0 Å². The van der Waals surface area contributed by atoms with Crippen LogP contribution in [0.4, 0.5) is 5.69 Å². The Morgan fingerprint density at radius 2 is 2.13 bits per heavy atom. The first-order valence-electron chi connectivity index (χ1n) is 6.64. The Kier molecular flexibility index (Phi) is 5.83. The number of non-ortho nitro benzene ring substituents is 1. The van der Waals surface area contributed by atoms with Crippen molar-refractivity contribution in [1.29, 1.82) is 0 Å². The molecule has 124 valence electrons. The second-order valence-corrected chi connectivity index (χ2v) is 5.59. The van der Waals surface area contributed by atoms with Gasteiger partial charge in [0.1, 0.15) is 0 Å². The molecule has 0 atom stereocenters. The minimum atomic E-state index is -0.516. The van der Waals surface area contributed by atoms with Gasteiger partial charge in [0.25, 0.3) is 11.6 Å². The molecule has 0 saturated carbocycles. The van der Waals surface area contributed by atoms with E-state index in [0.717, 1.165) is 0 Å². The number of halogens is 1. The normalized spacial score (nSPS) is 10.7. The SMILES string of the molecule is CC(C)(N)CNC(=O)c1ccn(-c2cccc([N+](=O)[O-])c2)n1.Cl. The highest BCUT2D eigenvalue weighted by molar-refractivity contribution is 5.92. The molecule has 9 heteroatoms. The number of hydrogen-bond donors (Lipinski definition) is 2. The molecule has 0 aliphatic rings. The van der Waals surface area contributed by atoms with Crippen LogP contribution in [0.1, 0.15) is 24.3 Å². The third-order valence-corrected chi connectivity index (χ3v) is 2.83. The summed E-state index contributed by atoms with van der Waals surface area (Å²) in [6.07, 6.45) is 1.57. The number of carbonyl (C=O) groups is 1. The monoisotopic (exact) mass is 339 g/mol. The summed E-state index contributed by atoms with van der Waals surface area (Å²) in [4.78, 5) is 22.3. The Morgan fingerprint density at radius 3 is 2.74 bits per heavy atom. The summed E-state index contributed by atoms with van der Waals surface area (Å²) in [5.41, 5.74) is 5.97. The molecule has 0 aliphatic heterocycles. The van der Waals surface area contributed by atoms with Crippen LogP contribution < -0.4 is 11.1 Å². The summed E-state index contributed by atoms with van der Waals surface area (Å²) in [5.74, 6) is -0.345. The molecule has 0 bridgehead atoms. The number of aromatic nitrogens is 2. The topological polar surface area (TPSA) is 116 Å². The predicted molar refractivity (Wildman–Crippen MR) is 88.1 cm³/mol. The number of nitro benzene ring substituents is 1. The third-order valence-electron chi connectivity index (χ3n) is 2.83. The zero-order valence-corrected chi connectivity index (χ0v) is 13.5. The van der Waals surface area contributed by atoms with Crippen molar-refractivity contribution in [2.24, 2.45) is 5.73 Å². The van der Waals surface area contributed by atoms with E-state index in [4.69, 9.17) is 5.73 Å². The standard InChI is InChI=1S/C14H17N5O3.ClH/c1-14(2,15)9-16-13(20)12-6-7-18(17-12)10-4-3-5-11(8-10)19(21)22;/h3-8H,9,15H2,1-2H3,(H,16,20);1H. The fourth-order valence-electron chi connectivity index (χ4n) is 1.74. The number of nitrogens with zero attached hydrogens (tertiary/aromatic N) is 3. The van der Waals surface area contributed by atoms with E-state index in [1.807, 2.05) is 0 Å².